The molecule has 4 aromatic heterocycles. The van der Waals surface area contributed by atoms with E-state index in [1.807, 2.05) is 42.5 Å². The third kappa shape index (κ3) is 6.78. The molecule has 0 N–H and O–H groups in total. The number of nitrogens with zero attached hydrogens (tertiary/aromatic N) is 4. The van der Waals surface area contributed by atoms with Crippen LogP contribution in [0.4, 0.5) is 0 Å². The quantitative estimate of drug-likeness (QED) is 0.122. The Balaban J connectivity index is 1.09. The summed E-state index contributed by atoms with van der Waals surface area (Å²) in [6, 6.07) is 39.2. The largest absolute Gasteiger partial charge is 0.465 e. The summed E-state index contributed by atoms with van der Waals surface area (Å²) < 4.78 is 9.60. The Hall–Kier alpha value is -6.27. The minimum absolute atomic E-state index is 0.358. The number of ether oxygens (including phenoxy) is 1. The van der Waals surface area contributed by atoms with Crippen LogP contribution in [0.25, 0.3) is 44.5 Å². The van der Waals surface area contributed by atoms with Gasteiger partial charge < -0.3 is 4.74 Å². The second kappa shape index (κ2) is 14.0. The number of aromatic nitrogens is 4. The molecule has 0 bridgehead atoms. The molecule has 232 valence electrons. The molecular weight excluding hydrogens is 592 g/mol. The summed E-state index contributed by atoms with van der Waals surface area (Å²) in [5.41, 5.74) is 11.1. The standard InChI is InChI=1S/C42H34N4O2/c1-48-42(47)41-39(37-9-5-31(6-10-37)29-45-25-17-35(18-26-45)33-13-21-43-22-14-33)3-2-4-40(41)38-11-7-32(8-12-38)30-46-27-19-36(20-28-46)34-15-23-44-24-16-34/h2-28H,29-30H2,1H3/q+2. The number of hydrogen-bond donors (Lipinski definition) is 0. The number of benzene rings is 3. The molecule has 0 saturated carbocycles. The molecule has 0 saturated heterocycles. The van der Waals surface area contributed by atoms with Crippen molar-refractivity contribution in [3.8, 4) is 44.5 Å². The number of methoxy groups -OCH3 is 1. The van der Waals surface area contributed by atoms with Gasteiger partial charge in [0.15, 0.2) is 37.9 Å². The summed E-state index contributed by atoms with van der Waals surface area (Å²) in [6.07, 6.45) is 15.6. The van der Waals surface area contributed by atoms with E-state index >= 15 is 0 Å². The fraction of sp³-hybridized carbons (Fsp3) is 0.0714. The average Bonchev–Trinajstić information content (AvgIpc) is 3.16. The van der Waals surface area contributed by atoms with Crippen LogP contribution in [-0.2, 0) is 17.8 Å². The maximum atomic E-state index is 13.2. The van der Waals surface area contributed by atoms with E-state index in [1.165, 1.54) is 7.11 Å². The highest BCUT2D eigenvalue weighted by molar-refractivity contribution is 6.04. The first kappa shape index (κ1) is 30.4. The van der Waals surface area contributed by atoms with Crippen molar-refractivity contribution in [1.82, 2.24) is 9.97 Å². The predicted octanol–water partition coefficient (Wildman–Crippen LogP) is 7.60. The van der Waals surface area contributed by atoms with Crippen molar-refractivity contribution in [3.63, 3.8) is 0 Å². The van der Waals surface area contributed by atoms with Crippen LogP contribution in [0.15, 0.2) is 165 Å². The number of carbonyl (C=O) groups excluding carboxylic acids is 1. The van der Waals surface area contributed by atoms with Crippen LogP contribution < -0.4 is 9.13 Å². The van der Waals surface area contributed by atoms with Crippen LogP contribution in [0.2, 0.25) is 0 Å². The first-order valence-corrected chi connectivity index (χ1v) is 15.8. The molecule has 0 aliphatic carbocycles. The second-order valence-corrected chi connectivity index (χ2v) is 11.6. The Bertz CT molecular complexity index is 1980. The maximum Gasteiger partial charge on any atom is 0.339 e. The van der Waals surface area contributed by atoms with Gasteiger partial charge in [-0.2, -0.15) is 0 Å². The van der Waals surface area contributed by atoms with E-state index in [-0.39, 0.29) is 5.97 Å². The Morgan fingerprint density at radius 3 is 1.25 bits per heavy atom. The molecule has 0 atom stereocenters. The molecule has 0 aliphatic rings. The summed E-state index contributed by atoms with van der Waals surface area (Å²) in [4.78, 5) is 21.5. The third-order valence-electron chi connectivity index (χ3n) is 8.52. The molecule has 0 fully saturated rings. The van der Waals surface area contributed by atoms with Crippen LogP contribution >= 0.6 is 0 Å². The van der Waals surface area contributed by atoms with E-state index in [0.717, 1.165) is 68.7 Å². The van der Waals surface area contributed by atoms with Crippen LogP contribution in [-0.4, -0.2) is 23.0 Å². The van der Waals surface area contributed by atoms with Gasteiger partial charge in [-0.1, -0.05) is 66.7 Å². The molecule has 0 radical (unpaired) electrons. The lowest BCUT2D eigenvalue weighted by Gasteiger charge is -2.14. The van der Waals surface area contributed by atoms with Gasteiger partial charge in [0, 0.05) is 60.2 Å². The molecule has 0 aliphatic heterocycles. The van der Waals surface area contributed by atoms with Crippen molar-refractivity contribution in [2.45, 2.75) is 13.1 Å². The molecule has 0 amide bonds. The zero-order valence-electron chi connectivity index (χ0n) is 26.6. The van der Waals surface area contributed by atoms with Crippen LogP contribution in [0, 0.1) is 0 Å². The number of rotatable bonds is 9. The Labute approximate surface area is 280 Å². The van der Waals surface area contributed by atoms with Crippen LogP contribution in [0.1, 0.15) is 21.5 Å². The first-order chi connectivity index (χ1) is 23.6. The number of esters is 1. The molecule has 3 aromatic carbocycles. The van der Waals surface area contributed by atoms with Crippen molar-refractivity contribution in [1.29, 1.82) is 0 Å². The van der Waals surface area contributed by atoms with Crippen molar-refractivity contribution in [2.24, 2.45) is 0 Å². The minimum Gasteiger partial charge on any atom is -0.465 e. The lowest BCUT2D eigenvalue weighted by Crippen LogP contribution is -2.32. The third-order valence-corrected chi connectivity index (χ3v) is 8.52. The number of pyridine rings is 4. The second-order valence-electron chi connectivity index (χ2n) is 11.6. The van der Waals surface area contributed by atoms with Gasteiger partial charge in [0.25, 0.3) is 0 Å². The van der Waals surface area contributed by atoms with E-state index in [4.69, 9.17) is 4.74 Å². The average molecular weight is 627 g/mol. The van der Waals surface area contributed by atoms with E-state index < -0.39 is 0 Å². The van der Waals surface area contributed by atoms with Crippen molar-refractivity contribution in [3.05, 3.63) is 182 Å². The minimum atomic E-state index is -0.358. The van der Waals surface area contributed by atoms with Crippen LogP contribution in [0.5, 0.6) is 0 Å². The molecule has 6 heteroatoms. The molecule has 7 aromatic rings. The summed E-state index contributed by atoms with van der Waals surface area (Å²) in [5.74, 6) is -0.358. The van der Waals surface area contributed by atoms with Gasteiger partial charge in [-0.15, -0.1) is 0 Å². The van der Waals surface area contributed by atoms with Gasteiger partial charge in [-0.05, 0) is 68.8 Å². The van der Waals surface area contributed by atoms with Gasteiger partial charge in [0.05, 0.1) is 12.7 Å². The summed E-state index contributed by atoms with van der Waals surface area (Å²) in [7, 11) is 1.43. The lowest BCUT2D eigenvalue weighted by molar-refractivity contribution is -0.688. The number of carbonyl (C=O) groups is 1. The monoisotopic (exact) mass is 626 g/mol. The highest BCUT2D eigenvalue weighted by Gasteiger charge is 2.20. The highest BCUT2D eigenvalue weighted by atomic mass is 16.5. The SMILES string of the molecule is COC(=O)c1c(-c2ccc(C[n+]3ccc(-c4ccncc4)cc3)cc2)cccc1-c1ccc(C[n+]2ccc(-c3ccncc3)cc2)cc1. The Morgan fingerprint density at radius 1 is 0.500 bits per heavy atom. The van der Waals surface area contributed by atoms with E-state index in [0.29, 0.717) is 5.56 Å². The fourth-order valence-electron chi connectivity index (χ4n) is 5.96. The molecule has 7 rings (SSSR count). The maximum absolute atomic E-state index is 13.2. The molecule has 4 heterocycles. The van der Waals surface area contributed by atoms with E-state index in [1.54, 1.807) is 24.8 Å². The van der Waals surface area contributed by atoms with Crippen molar-refractivity contribution < 1.29 is 18.7 Å². The molecular formula is C42H34N4O2+2. The van der Waals surface area contributed by atoms with Gasteiger partial charge in [0.1, 0.15) is 0 Å². The van der Waals surface area contributed by atoms with E-state index in [2.05, 4.69) is 117 Å². The zero-order valence-corrected chi connectivity index (χ0v) is 26.6. The summed E-state index contributed by atoms with van der Waals surface area (Å²) in [6.45, 7) is 1.47. The molecule has 0 spiro atoms. The fourth-order valence-corrected chi connectivity index (χ4v) is 5.96. The van der Waals surface area contributed by atoms with Gasteiger partial charge in [-0.25, -0.2) is 13.9 Å². The summed E-state index contributed by atoms with van der Waals surface area (Å²) in [5, 5.41) is 0. The smallest absolute Gasteiger partial charge is 0.339 e. The van der Waals surface area contributed by atoms with Gasteiger partial charge in [-0.3, -0.25) is 9.97 Å². The normalized spacial score (nSPS) is 10.9. The van der Waals surface area contributed by atoms with Crippen molar-refractivity contribution >= 4 is 5.97 Å². The van der Waals surface area contributed by atoms with Crippen LogP contribution in [0.3, 0.4) is 0 Å². The Kier molecular flexibility index (Phi) is 8.87. The molecule has 0 unspecified atom stereocenters. The Morgan fingerprint density at radius 2 is 0.875 bits per heavy atom. The topological polar surface area (TPSA) is 59.8 Å². The number of hydrogen-bond acceptors (Lipinski definition) is 4. The van der Waals surface area contributed by atoms with Crippen molar-refractivity contribution in [2.75, 3.05) is 7.11 Å². The van der Waals surface area contributed by atoms with Gasteiger partial charge in [0.2, 0.25) is 0 Å². The first-order valence-electron chi connectivity index (χ1n) is 15.8. The predicted molar refractivity (Wildman–Crippen MR) is 187 cm³/mol. The highest BCUT2D eigenvalue weighted by Crippen LogP contribution is 2.33. The summed E-state index contributed by atoms with van der Waals surface area (Å²) >= 11 is 0. The van der Waals surface area contributed by atoms with E-state index in [9.17, 15) is 4.79 Å². The molecule has 6 nitrogen and oxygen atoms in total. The zero-order chi connectivity index (χ0) is 32.7. The van der Waals surface area contributed by atoms with Gasteiger partial charge >= 0.3 is 5.97 Å². The lowest BCUT2D eigenvalue weighted by atomic mass is 9.91. The molecule has 48 heavy (non-hydrogen) atoms.